The van der Waals surface area contributed by atoms with Gasteiger partial charge in [0.05, 0.1) is 4.92 Å². The van der Waals surface area contributed by atoms with Gasteiger partial charge in [-0.25, -0.2) is 0 Å². The fourth-order valence-corrected chi connectivity index (χ4v) is 2.48. The van der Waals surface area contributed by atoms with Crippen molar-refractivity contribution < 1.29 is 4.92 Å². The van der Waals surface area contributed by atoms with Gasteiger partial charge in [0.1, 0.15) is 0 Å². The van der Waals surface area contributed by atoms with Crippen LogP contribution in [-0.4, -0.2) is 17.5 Å². The zero-order chi connectivity index (χ0) is 15.3. The van der Waals surface area contributed by atoms with Crippen LogP contribution < -0.4 is 10.6 Å². The van der Waals surface area contributed by atoms with Crippen molar-refractivity contribution in [1.82, 2.24) is 0 Å². The summed E-state index contributed by atoms with van der Waals surface area (Å²) < 4.78 is 0. The number of nitro benzene ring substituents is 1. The third-order valence-electron chi connectivity index (χ3n) is 3.41. The summed E-state index contributed by atoms with van der Waals surface area (Å²) in [4.78, 5) is 12.8. The van der Waals surface area contributed by atoms with E-state index in [0.717, 1.165) is 25.1 Å². The van der Waals surface area contributed by atoms with E-state index in [1.54, 1.807) is 6.07 Å². The van der Waals surface area contributed by atoms with Crippen molar-refractivity contribution in [3.8, 4) is 0 Å². The number of non-ortho nitro benzene ring substituents is 1. The number of anilines is 2. The van der Waals surface area contributed by atoms with Gasteiger partial charge in [0, 0.05) is 36.1 Å². The van der Waals surface area contributed by atoms with Gasteiger partial charge in [0.15, 0.2) is 0 Å². The van der Waals surface area contributed by atoms with E-state index in [1.165, 1.54) is 6.07 Å². The van der Waals surface area contributed by atoms with Crippen LogP contribution in [0.25, 0.3) is 0 Å². The van der Waals surface area contributed by atoms with Crippen LogP contribution in [0.15, 0.2) is 18.2 Å². The van der Waals surface area contributed by atoms with Crippen molar-refractivity contribution in [2.75, 3.05) is 17.2 Å². The normalized spacial score (nSPS) is 11.1. The molecular formula is C15H25N3O2. The van der Waals surface area contributed by atoms with E-state index in [0.29, 0.717) is 17.6 Å². The highest BCUT2D eigenvalue weighted by molar-refractivity contribution is 5.63. The highest BCUT2D eigenvalue weighted by atomic mass is 16.6. The lowest BCUT2D eigenvalue weighted by atomic mass is 10.1. The molecule has 0 bridgehead atoms. The number of hydrogen-bond donors (Lipinski definition) is 1. The predicted molar refractivity (Wildman–Crippen MR) is 84.1 cm³/mol. The highest BCUT2D eigenvalue weighted by Gasteiger charge is 2.20. The Labute approximate surface area is 120 Å². The van der Waals surface area contributed by atoms with E-state index >= 15 is 0 Å². The Kier molecular flexibility index (Phi) is 5.80. The molecule has 1 aromatic carbocycles. The van der Waals surface area contributed by atoms with Crippen LogP contribution in [-0.2, 0) is 0 Å². The first-order valence-electron chi connectivity index (χ1n) is 7.20. The van der Waals surface area contributed by atoms with Crippen LogP contribution >= 0.6 is 0 Å². The van der Waals surface area contributed by atoms with Crippen molar-refractivity contribution >= 4 is 17.1 Å². The number of hydrogen-bond acceptors (Lipinski definition) is 4. The molecule has 1 rings (SSSR count). The van der Waals surface area contributed by atoms with E-state index in [4.69, 9.17) is 5.73 Å². The molecule has 0 aliphatic heterocycles. The Bertz CT molecular complexity index is 456. The number of nitrogens with zero attached hydrogens (tertiary/aromatic N) is 2. The molecule has 2 N–H and O–H groups in total. The third-order valence-corrected chi connectivity index (χ3v) is 3.41. The van der Waals surface area contributed by atoms with Gasteiger partial charge in [-0.2, -0.15) is 0 Å². The largest absolute Gasteiger partial charge is 0.398 e. The van der Waals surface area contributed by atoms with E-state index in [1.807, 2.05) is 6.07 Å². The molecular weight excluding hydrogens is 254 g/mol. The predicted octanol–water partition coefficient (Wildman–Crippen LogP) is 3.83. The van der Waals surface area contributed by atoms with Crippen molar-refractivity contribution in [2.24, 2.45) is 5.92 Å². The first kappa shape index (κ1) is 16.3. The number of nitrogens with two attached hydrogens (primary N) is 1. The minimum absolute atomic E-state index is 0.0553. The standard InChI is InChI=1S/C15H25N3O2/c1-5-13(6-2)17(10-11(3)4)14-7-12(16)8-15(9-14)18(19)20/h7-9,11,13H,5-6,10,16H2,1-4H3. The van der Waals surface area contributed by atoms with Gasteiger partial charge >= 0.3 is 0 Å². The lowest BCUT2D eigenvalue weighted by Crippen LogP contribution is -2.37. The maximum absolute atomic E-state index is 11.0. The average molecular weight is 279 g/mol. The van der Waals surface area contributed by atoms with Crippen LogP contribution in [0.3, 0.4) is 0 Å². The van der Waals surface area contributed by atoms with Gasteiger partial charge in [-0.05, 0) is 24.8 Å². The summed E-state index contributed by atoms with van der Waals surface area (Å²) in [6.45, 7) is 9.45. The Morgan fingerprint density at radius 1 is 1.25 bits per heavy atom. The molecule has 0 saturated heterocycles. The molecule has 112 valence electrons. The maximum atomic E-state index is 11.0. The molecule has 0 fully saturated rings. The molecule has 1 aromatic rings. The maximum Gasteiger partial charge on any atom is 0.273 e. The van der Waals surface area contributed by atoms with Gasteiger partial charge in [-0.1, -0.05) is 27.7 Å². The van der Waals surface area contributed by atoms with Crippen LogP contribution in [0.4, 0.5) is 17.1 Å². The van der Waals surface area contributed by atoms with Crippen LogP contribution in [0.5, 0.6) is 0 Å². The van der Waals surface area contributed by atoms with E-state index in [2.05, 4.69) is 32.6 Å². The fourth-order valence-electron chi connectivity index (χ4n) is 2.48. The van der Waals surface area contributed by atoms with Gasteiger partial charge in [-0.15, -0.1) is 0 Å². The molecule has 5 heteroatoms. The molecule has 20 heavy (non-hydrogen) atoms. The Morgan fingerprint density at radius 3 is 2.30 bits per heavy atom. The second-order valence-corrected chi connectivity index (χ2v) is 5.56. The zero-order valence-corrected chi connectivity index (χ0v) is 12.8. The van der Waals surface area contributed by atoms with Gasteiger partial charge < -0.3 is 10.6 Å². The van der Waals surface area contributed by atoms with Crippen molar-refractivity contribution in [3.05, 3.63) is 28.3 Å². The third kappa shape index (κ3) is 4.11. The van der Waals surface area contributed by atoms with Crippen molar-refractivity contribution in [1.29, 1.82) is 0 Å². The molecule has 0 aromatic heterocycles. The monoisotopic (exact) mass is 279 g/mol. The summed E-state index contributed by atoms with van der Waals surface area (Å²) in [5.41, 5.74) is 7.16. The molecule has 0 radical (unpaired) electrons. The Hall–Kier alpha value is -1.78. The molecule has 0 aliphatic rings. The smallest absolute Gasteiger partial charge is 0.273 e. The van der Waals surface area contributed by atoms with Gasteiger partial charge in [-0.3, -0.25) is 10.1 Å². The summed E-state index contributed by atoms with van der Waals surface area (Å²) in [6.07, 6.45) is 2.01. The van der Waals surface area contributed by atoms with Gasteiger partial charge in [0.2, 0.25) is 0 Å². The second-order valence-electron chi connectivity index (χ2n) is 5.56. The van der Waals surface area contributed by atoms with E-state index in [-0.39, 0.29) is 10.6 Å². The molecule has 5 nitrogen and oxygen atoms in total. The van der Waals surface area contributed by atoms with Crippen LogP contribution in [0.2, 0.25) is 0 Å². The molecule has 0 heterocycles. The Balaban J connectivity index is 3.21. The van der Waals surface area contributed by atoms with Crippen molar-refractivity contribution in [2.45, 2.75) is 46.6 Å². The number of rotatable bonds is 7. The molecule has 0 atom stereocenters. The summed E-state index contributed by atoms with van der Waals surface area (Å²) in [5.74, 6) is 0.482. The van der Waals surface area contributed by atoms with Crippen LogP contribution in [0, 0.1) is 16.0 Å². The molecule has 0 aliphatic carbocycles. The second kappa shape index (κ2) is 7.12. The first-order chi connectivity index (χ1) is 9.38. The number of nitrogen functional groups attached to an aromatic ring is 1. The molecule has 0 saturated carbocycles. The van der Waals surface area contributed by atoms with Gasteiger partial charge in [0.25, 0.3) is 5.69 Å². The minimum atomic E-state index is -0.389. The summed E-state index contributed by atoms with van der Waals surface area (Å²) in [7, 11) is 0. The number of nitro groups is 1. The minimum Gasteiger partial charge on any atom is -0.398 e. The van der Waals surface area contributed by atoms with Crippen molar-refractivity contribution in [3.63, 3.8) is 0 Å². The lowest BCUT2D eigenvalue weighted by Gasteiger charge is -2.34. The molecule has 0 spiro atoms. The molecule has 0 unspecified atom stereocenters. The van der Waals surface area contributed by atoms with E-state index in [9.17, 15) is 10.1 Å². The lowest BCUT2D eigenvalue weighted by molar-refractivity contribution is -0.384. The summed E-state index contributed by atoms with van der Waals surface area (Å²) in [5, 5.41) is 11.0. The first-order valence-corrected chi connectivity index (χ1v) is 7.20. The topological polar surface area (TPSA) is 72.4 Å². The number of benzene rings is 1. The summed E-state index contributed by atoms with van der Waals surface area (Å²) >= 11 is 0. The highest BCUT2D eigenvalue weighted by Crippen LogP contribution is 2.29. The average Bonchev–Trinajstić information content (AvgIpc) is 2.37. The quantitative estimate of drug-likeness (QED) is 0.467. The SMILES string of the molecule is CCC(CC)N(CC(C)C)c1cc(N)cc([N+](=O)[O-])c1. The van der Waals surface area contributed by atoms with Crippen LogP contribution in [0.1, 0.15) is 40.5 Å². The Morgan fingerprint density at radius 2 is 1.85 bits per heavy atom. The summed E-state index contributed by atoms with van der Waals surface area (Å²) in [6, 6.07) is 5.23. The zero-order valence-electron chi connectivity index (χ0n) is 12.8. The molecule has 0 amide bonds. The fraction of sp³-hybridized carbons (Fsp3) is 0.600. The van der Waals surface area contributed by atoms with E-state index < -0.39 is 0 Å².